The molecule has 0 bridgehead atoms. The molecule has 1 N–H and O–H groups in total. The minimum Gasteiger partial charge on any atom is -0.480 e. The highest BCUT2D eigenvalue weighted by molar-refractivity contribution is 6.04. The summed E-state index contributed by atoms with van der Waals surface area (Å²) in [6.07, 6.45) is 3.73. The van der Waals surface area contributed by atoms with Crippen molar-refractivity contribution in [1.82, 2.24) is 4.90 Å². The van der Waals surface area contributed by atoms with Crippen LogP contribution in [-0.4, -0.2) is 52.5 Å². The number of para-hydroxylation sites is 2. The monoisotopic (exact) mass is 372 g/mol. The fourth-order valence-corrected chi connectivity index (χ4v) is 4.78. The Bertz CT molecular complexity index is 779. The van der Waals surface area contributed by atoms with Gasteiger partial charge in [0, 0.05) is 6.04 Å². The third-order valence-corrected chi connectivity index (χ3v) is 6.03. The van der Waals surface area contributed by atoms with Gasteiger partial charge in [-0.1, -0.05) is 25.0 Å². The van der Waals surface area contributed by atoms with Gasteiger partial charge in [-0.15, -0.1) is 0 Å². The van der Waals surface area contributed by atoms with E-state index in [1.54, 1.807) is 30.0 Å². The molecule has 7 heteroatoms. The second-order valence-electron chi connectivity index (χ2n) is 7.65. The normalized spacial score (nSPS) is 29.7. The van der Waals surface area contributed by atoms with Crippen LogP contribution in [-0.2, 0) is 14.4 Å². The molecule has 3 aliphatic rings. The second-order valence-corrected chi connectivity index (χ2v) is 7.65. The van der Waals surface area contributed by atoms with E-state index in [-0.39, 0.29) is 30.3 Å². The summed E-state index contributed by atoms with van der Waals surface area (Å²) in [5, 5.41) is 9.64. The van der Waals surface area contributed by atoms with E-state index in [9.17, 15) is 19.5 Å². The summed E-state index contributed by atoms with van der Waals surface area (Å²) in [6.45, 7) is 1.50. The highest BCUT2D eigenvalue weighted by Crippen LogP contribution is 2.40. The van der Waals surface area contributed by atoms with E-state index in [1.807, 2.05) is 6.07 Å². The number of anilines is 1. The highest BCUT2D eigenvalue weighted by Gasteiger charge is 2.48. The largest absolute Gasteiger partial charge is 0.480 e. The van der Waals surface area contributed by atoms with Gasteiger partial charge in [0.1, 0.15) is 18.3 Å². The zero-order chi connectivity index (χ0) is 19.1. The second kappa shape index (κ2) is 6.87. The van der Waals surface area contributed by atoms with Crippen LogP contribution < -0.4 is 9.64 Å². The van der Waals surface area contributed by atoms with Gasteiger partial charge >= 0.3 is 5.97 Å². The van der Waals surface area contributed by atoms with Gasteiger partial charge in [0.2, 0.25) is 5.91 Å². The number of rotatable bonds is 3. The first-order valence-electron chi connectivity index (χ1n) is 9.58. The maximum absolute atomic E-state index is 13.2. The molecule has 0 aromatic heterocycles. The topological polar surface area (TPSA) is 87.2 Å². The smallest absolute Gasteiger partial charge is 0.326 e. The third-order valence-electron chi connectivity index (χ3n) is 6.03. The van der Waals surface area contributed by atoms with Gasteiger partial charge in [-0.25, -0.2) is 4.79 Å². The molecule has 1 aliphatic carbocycles. The van der Waals surface area contributed by atoms with Crippen molar-refractivity contribution in [2.75, 3.05) is 11.4 Å². The summed E-state index contributed by atoms with van der Waals surface area (Å²) in [7, 11) is 0. The van der Waals surface area contributed by atoms with Gasteiger partial charge in [0.25, 0.3) is 5.91 Å². The maximum atomic E-state index is 13.2. The lowest BCUT2D eigenvalue weighted by Gasteiger charge is -2.36. The number of carbonyl (C=O) groups excluding carboxylic acids is 2. The van der Waals surface area contributed by atoms with E-state index in [4.69, 9.17) is 4.74 Å². The number of benzene rings is 1. The minimum absolute atomic E-state index is 0.0313. The average Bonchev–Trinajstić information content (AvgIpc) is 3.05. The molecule has 27 heavy (non-hydrogen) atoms. The SMILES string of the molecule is CC1Oc2ccccc2N(CC(=O)N2C(C(=O)O)CC3CCCCC32)C1=O. The number of fused-ring (bicyclic) bond motifs is 2. The molecular weight excluding hydrogens is 348 g/mol. The Labute approximate surface area is 157 Å². The van der Waals surface area contributed by atoms with E-state index in [0.717, 1.165) is 25.7 Å². The lowest BCUT2D eigenvalue weighted by Crippen LogP contribution is -2.53. The molecule has 2 aliphatic heterocycles. The van der Waals surface area contributed by atoms with Crippen LogP contribution in [0.5, 0.6) is 5.75 Å². The third kappa shape index (κ3) is 3.05. The predicted octanol–water partition coefficient (Wildman–Crippen LogP) is 2.04. The standard InChI is InChI=1S/C20H24N2O5/c1-12-19(24)21(15-8-4-5-9-17(15)27-12)11-18(23)22-14-7-3-2-6-13(14)10-16(22)20(25)26/h4-5,8-9,12-14,16H,2-3,6-7,10-11H2,1H3,(H,25,26). The number of aliphatic carboxylic acids is 1. The Morgan fingerprint density at radius 3 is 2.74 bits per heavy atom. The van der Waals surface area contributed by atoms with Gasteiger partial charge in [-0.05, 0) is 44.2 Å². The average molecular weight is 372 g/mol. The summed E-state index contributed by atoms with van der Waals surface area (Å²) >= 11 is 0. The molecule has 4 unspecified atom stereocenters. The van der Waals surface area contributed by atoms with Crippen molar-refractivity contribution in [2.24, 2.45) is 5.92 Å². The summed E-state index contributed by atoms with van der Waals surface area (Å²) in [5.74, 6) is -0.734. The number of hydrogen-bond acceptors (Lipinski definition) is 4. The van der Waals surface area contributed by atoms with Crippen LogP contribution in [0.25, 0.3) is 0 Å². The highest BCUT2D eigenvalue weighted by atomic mass is 16.5. The first-order chi connectivity index (χ1) is 13.0. The number of carboxylic acid groups (broad SMARTS) is 1. The van der Waals surface area contributed by atoms with Crippen molar-refractivity contribution in [3.8, 4) is 5.75 Å². The lowest BCUT2D eigenvalue weighted by molar-refractivity contribution is -0.149. The summed E-state index contributed by atoms with van der Waals surface area (Å²) in [5.41, 5.74) is 0.556. The van der Waals surface area contributed by atoms with E-state index in [1.165, 1.54) is 4.90 Å². The number of nitrogens with zero attached hydrogens (tertiary/aromatic N) is 2. The van der Waals surface area contributed by atoms with Gasteiger partial charge in [-0.3, -0.25) is 14.5 Å². The van der Waals surface area contributed by atoms with Crippen LogP contribution in [0, 0.1) is 5.92 Å². The molecule has 0 radical (unpaired) electrons. The Kier molecular flexibility index (Phi) is 4.53. The molecule has 1 aromatic rings. The molecule has 4 rings (SSSR count). The molecule has 1 saturated heterocycles. The Morgan fingerprint density at radius 2 is 1.96 bits per heavy atom. The summed E-state index contributed by atoms with van der Waals surface area (Å²) < 4.78 is 5.62. The van der Waals surface area contributed by atoms with Crippen LogP contribution >= 0.6 is 0 Å². The Balaban J connectivity index is 1.61. The number of amides is 2. The van der Waals surface area contributed by atoms with Crippen molar-refractivity contribution in [3.63, 3.8) is 0 Å². The van der Waals surface area contributed by atoms with Crippen LogP contribution in [0.4, 0.5) is 5.69 Å². The van der Waals surface area contributed by atoms with Gasteiger partial charge in [-0.2, -0.15) is 0 Å². The molecule has 4 atom stereocenters. The van der Waals surface area contributed by atoms with Crippen molar-refractivity contribution in [2.45, 2.75) is 57.2 Å². The van der Waals surface area contributed by atoms with Crippen molar-refractivity contribution in [3.05, 3.63) is 24.3 Å². The fourth-order valence-electron chi connectivity index (χ4n) is 4.78. The van der Waals surface area contributed by atoms with E-state index in [0.29, 0.717) is 17.9 Å². The van der Waals surface area contributed by atoms with Gasteiger partial charge in [0.05, 0.1) is 5.69 Å². The van der Waals surface area contributed by atoms with E-state index in [2.05, 4.69) is 0 Å². The van der Waals surface area contributed by atoms with Gasteiger partial charge < -0.3 is 14.7 Å². The number of hydrogen-bond donors (Lipinski definition) is 1. The molecule has 7 nitrogen and oxygen atoms in total. The number of ether oxygens (including phenoxy) is 1. The van der Waals surface area contributed by atoms with Crippen LogP contribution in [0.1, 0.15) is 39.0 Å². The molecule has 1 aromatic carbocycles. The lowest BCUT2D eigenvalue weighted by atomic mass is 9.85. The molecule has 2 fully saturated rings. The predicted molar refractivity (Wildman–Crippen MR) is 97.5 cm³/mol. The molecule has 2 heterocycles. The van der Waals surface area contributed by atoms with Crippen molar-refractivity contribution >= 4 is 23.5 Å². The number of likely N-dealkylation sites (tertiary alicyclic amines) is 1. The zero-order valence-corrected chi connectivity index (χ0v) is 15.3. The molecule has 2 amide bonds. The van der Waals surface area contributed by atoms with Crippen LogP contribution in [0.3, 0.4) is 0 Å². The number of carboxylic acids is 1. The summed E-state index contributed by atoms with van der Waals surface area (Å²) in [4.78, 5) is 40.6. The van der Waals surface area contributed by atoms with Crippen molar-refractivity contribution in [1.29, 1.82) is 0 Å². The fraction of sp³-hybridized carbons (Fsp3) is 0.550. The first kappa shape index (κ1) is 17.8. The summed E-state index contributed by atoms with van der Waals surface area (Å²) in [6, 6.07) is 6.29. The zero-order valence-electron chi connectivity index (χ0n) is 15.3. The molecule has 144 valence electrons. The van der Waals surface area contributed by atoms with Gasteiger partial charge in [0.15, 0.2) is 6.10 Å². The Hall–Kier alpha value is -2.57. The van der Waals surface area contributed by atoms with Crippen LogP contribution in [0.2, 0.25) is 0 Å². The molecular formula is C20H24N2O5. The molecule has 1 saturated carbocycles. The quantitative estimate of drug-likeness (QED) is 0.877. The van der Waals surface area contributed by atoms with E-state index >= 15 is 0 Å². The first-order valence-corrected chi connectivity index (χ1v) is 9.58. The van der Waals surface area contributed by atoms with E-state index < -0.39 is 18.1 Å². The Morgan fingerprint density at radius 1 is 1.22 bits per heavy atom. The van der Waals surface area contributed by atoms with Crippen LogP contribution in [0.15, 0.2) is 24.3 Å². The number of carbonyl (C=O) groups is 3. The van der Waals surface area contributed by atoms with Crippen molar-refractivity contribution < 1.29 is 24.2 Å². The minimum atomic E-state index is -0.958. The molecule has 0 spiro atoms. The maximum Gasteiger partial charge on any atom is 0.326 e.